The minimum absolute atomic E-state index is 0.0386. The Morgan fingerprint density at radius 2 is 1.90 bits per heavy atom. The van der Waals surface area contributed by atoms with Gasteiger partial charge in [-0.1, -0.05) is 31.9 Å². The van der Waals surface area contributed by atoms with E-state index in [1.165, 1.54) is 5.56 Å². The lowest BCUT2D eigenvalue weighted by Gasteiger charge is -2.28. The van der Waals surface area contributed by atoms with Crippen molar-refractivity contribution in [2.75, 3.05) is 25.5 Å². The fourth-order valence-electron chi connectivity index (χ4n) is 3.02. The van der Waals surface area contributed by atoms with Crippen molar-refractivity contribution in [2.45, 2.75) is 44.6 Å². The van der Waals surface area contributed by atoms with E-state index < -0.39 is 5.60 Å². The number of benzene rings is 1. The zero-order valence-corrected chi connectivity index (χ0v) is 13.1. The largest absolute Gasteiger partial charge is 0.389 e. The lowest BCUT2D eigenvalue weighted by atomic mass is 10.0. The molecule has 0 aromatic heterocycles. The number of nitrogens with zero attached hydrogens (tertiary/aromatic N) is 1. The summed E-state index contributed by atoms with van der Waals surface area (Å²) in [5, 5.41) is 13.2. The van der Waals surface area contributed by atoms with Crippen LogP contribution in [-0.4, -0.2) is 41.7 Å². The summed E-state index contributed by atoms with van der Waals surface area (Å²) in [5.41, 5.74) is 1.48. The molecule has 4 nitrogen and oxygen atoms in total. The van der Waals surface area contributed by atoms with E-state index in [0.717, 1.165) is 37.8 Å². The van der Waals surface area contributed by atoms with Crippen molar-refractivity contribution in [2.24, 2.45) is 0 Å². The third-order valence-corrected chi connectivity index (χ3v) is 4.16. The molecule has 0 aliphatic heterocycles. The topological polar surface area (TPSA) is 52.6 Å². The predicted molar refractivity (Wildman–Crippen MR) is 85.4 cm³/mol. The Hall–Kier alpha value is -1.39. The van der Waals surface area contributed by atoms with Gasteiger partial charge in [0.2, 0.25) is 5.91 Å². The Morgan fingerprint density at radius 3 is 2.48 bits per heavy atom. The summed E-state index contributed by atoms with van der Waals surface area (Å²) >= 11 is 0. The third kappa shape index (κ3) is 4.83. The summed E-state index contributed by atoms with van der Waals surface area (Å²) in [4.78, 5) is 13.9. The van der Waals surface area contributed by atoms with E-state index in [1.54, 1.807) is 0 Å². The van der Waals surface area contributed by atoms with E-state index in [1.807, 2.05) is 36.2 Å². The molecule has 0 bridgehead atoms. The zero-order valence-electron chi connectivity index (χ0n) is 13.1. The van der Waals surface area contributed by atoms with Gasteiger partial charge in [0.05, 0.1) is 12.1 Å². The van der Waals surface area contributed by atoms with Gasteiger partial charge in [0.15, 0.2) is 0 Å². The summed E-state index contributed by atoms with van der Waals surface area (Å²) in [6, 6.07) is 7.92. The van der Waals surface area contributed by atoms with Crippen LogP contribution in [0, 0.1) is 0 Å². The number of likely N-dealkylation sites (N-methyl/N-ethyl adjacent to an activating group) is 1. The maximum atomic E-state index is 12.0. The van der Waals surface area contributed by atoms with Gasteiger partial charge in [-0.3, -0.25) is 9.69 Å². The molecular formula is C17H26N2O2. The second kappa shape index (κ2) is 7.05. The van der Waals surface area contributed by atoms with E-state index in [-0.39, 0.29) is 5.91 Å². The van der Waals surface area contributed by atoms with Crippen LogP contribution in [0.4, 0.5) is 5.69 Å². The molecule has 21 heavy (non-hydrogen) atoms. The molecule has 0 unspecified atom stereocenters. The molecule has 1 amide bonds. The molecule has 1 fully saturated rings. The summed E-state index contributed by atoms with van der Waals surface area (Å²) in [5.74, 6) is -0.0386. The minimum Gasteiger partial charge on any atom is -0.389 e. The van der Waals surface area contributed by atoms with Crippen LogP contribution in [0.1, 0.15) is 38.2 Å². The van der Waals surface area contributed by atoms with Crippen LogP contribution in [0.15, 0.2) is 24.3 Å². The SMILES string of the molecule is CCc1ccc(NC(=O)CN(C)CC2(O)CCCC2)cc1. The standard InChI is InChI=1S/C17H26N2O2/c1-3-14-6-8-15(9-7-14)18-16(20)12-19(2)13-17(21)10-4-5-11-17/h6-9,21H,3-5,10-13H2,1-2H3,(H,18,20). The fourth-order valence-corrected chi connectivity index (χ4v) is 3.02. The number of carbonyl (C=O) groups is 1. The van der Waals surface area contributed by atoms with Crippen molar-refractivity contribution in [1.29, 1.82) is 0 Å². The summed E-state index contributed by atoms with van der Waals surface area (Å²) in [6.45, 7) is 2.98. The van der Waals surface area contributed by atoms with E-state index in [2.05, 4.69) is 12.2 Å². The molecule has 1 aromatic carbocycles. The number of anilines is 1. The van der Waals surface area contributed by atoms with Crippen molar-refractivity contribution < 1.29 is 9.90 Å². The Bertz CT molecular complexity index is 464. The molecule has 0 saturated heterocycles. The lowest BCUT2D eigenvalue weighted by molar-refractivity contribution is -0.117. The van der Waals surface area contributed by atoms with Crippen LogP contribution in [-0.2, 0) is 11.2 Å². The highest BCUT2D eigenvalue weighted by molar-refractivity contribution is 5.92. The highest BCUT2D eigenvalue weighted by atomic mass is 16.3. The monoisotopic (exact) mass is 290 g/mol. The molecular weight excluding hydrogens is 264 g/mol. The maximum Gasteiger partial charge on any atom is 0.238 e. The second-order valence-corrected chi connectivity index (χ2v) is 6.20. The minimum atomic E-state index is -0.599. The molecule has 1 aliphatic rings. The van der Waals surface area contributed by atoms with Crippen molar-refractivity contribution in [3.05, 3.63) is 29.8 Å². The van der Waals surface area contributed by atoms with Gasteiger partial charge in [-0.2, -0.15) is 0 Å². The van der Waals surface area contributed by atoms with Crippen molar-refractivity contribution >= 4 is 11.6 Å². The van der Waals surface area contributed by atoms with Crippen LogP contribution in [0.25, 0.3) is 0 Å². The molecule has 1 saturated carbocycles. The number of amides is 1. The molecule has 0 spiro atoms. The fraction of sp³-hybridized carbons (Fsp3) is 0.588. The van der Waals surface area contributed by atoms with E-state index >= 15 is 0 Å². The first-order valence-corrected chi connectivity index (χ1v) is 7.80. The Labute approximate surface area is 127 Å². The van der Waals surface area contributed by atoms with Gasteiger partial charge in [-0.25, -0.2) is 0 Å². The van der Waals surface area contributed by atoms with Crippen LogP contribution < -0.4 is 5.32 Å². The third-order valence-electron chi connectivity index (χ3n) is 4.16. The van der Waals surface area contributed by atoms with E-state index in [0.29, 0.717) is 13.1 Å². The van der Waals surface area contributed by atoms with Crippen LogP contribution in [0.5, 0.6) is 0 Å². The highest BCUT2D eigenvalue weighted by Gasteiger charge is 2.32. The average Bonchev–Trinajstić information content (AvgIpc) is 2.85. The summed E-state index contributed by atoms with van der Waals surface area (Å²) in [6.07, 6.45) is 4.85. The molecule has 4 heteroatoms. The van der Waals surface area contributed by atoms with Crippen LogP contribution in [0.3, 0.4) is 0 Å². The van der Waals surface area contributed by atoms with Gasteiger partial charge in [-0.15, -0.1) is 0 Å². The molecule has 2 rings (SSSR count). The Kier molecular flexibility index (Phi) is 5.37. The second-order valence-electron chi connectivity index (χ2n) is 6.20. The first-order chi connectivity index (χ1) is 10.0. The number of rotatable bonds is 6. The highest BCUT2D eigenvalue weighted by Crippen LogP contribution is 2.29. The smallest absolute Gasteiger partial charge is 0.238 e. The number of nitrogens with one attached hydrogen (secondary N) is 1. The number of aliphatic hydroxyl groups is 1. The number of carbonyl (C=O) groups excluding carboxylic acids is 1. The summed E-state index contributed by atoms with van der Waals surface area (Å²) < 4.78 is 0. The first kappa shape index (κ1) is 16.0. The van der Waals surface area contributed by atoms with Crippen molar-refractivity contribution in [3.8, 4) is 0 Å². The molecule has 0 radical (unpaired) electrons. The predicted octanol–water partition coefficient (Wildman–Crippen LogP) is 2.42. The summed E-state index contributed by atoms with van der Waals surface area (Å²) in [7, 11) is 1.88. The normalized spacial score (nSPS) is 17.1. The van der Waals surface area contributed by atoms with Crippen LogP contribution >= 0.6 is 0 Å². The number of hydrogen-bond acceptors (Lipinski definition) is 3. The molecule has 0 heterocycles. The molecule has 2 N–H and O–H groups in total. The first-order valence-electron chi connectivity index (χ1n) is 7.80. The molecule has 1 aromatic rings. The van der Waals surface area contributed by atoms with Gasteiger partial charge in [0.25, 0.3) is 0 Å². The van der Waals surface area contributed by atoms with Crippen molar-refractivity contribution in [3.63, 3.8) is 0 Å². The lowest BCUT2D eigenvalue weighted by Crippen LogP contribution is -2.42. The zero-order chi connectivity index (χ0) is 15.3. The van der Waals surface area contributed by atoms with E-state index in [9.17, 15) is 9.90 Å². The van der Waals surface area contributed by atoms with Gasteiger partial charge in [0, 0.05) is 12.2 Å². The van der Waals surface area contributed by atoms with Gasteiger partial charge in [0.1, 0.15) is 0 Å². The van der Waals surface area contributed by atoms with Gasteiger partial charge < -0.3 is 10.4 Å². The van der Waals surface area contributed by atoms with Gasteiger partial charge in [-0.05, 0) is 44.0 Å². The van der Waals surface area contributed by atoms with Gasteiger partial charge >= 0.3 is 0 Å². The van der Waals surface area contributed by atoms with E-state index in [4.69, 9.17) is 0 Å². The van der Waals surface area contributed by atoms with Crippen molar-refractivity contribution in [1.82, 2.24) is 4.90 Å². The number of aryl methyl sites for hydroxylation is 1. The van der Waals surface area contributed by atoms with Crippen LogP contribution in [0.2, 0.25) is 0 Å². The molecule has 116 valence electrons. The Balaban J connectivity index is 1.80. The average molecular weight is 290 g/mol. The Morgan fingerprint density at radius 1 is 1.29 bits per heavy atom. The molecule has 0 atom stereocenters. The molecule has 1 aliphatic carbocycles. The maximum absolute atomic E-state index is 12.0. The number of hydrogen-bond donors (Lipinski definition) is 2. The quantitative estimate of drug-likeness (QED) is 0.846.